The van der Waals surface area contributed by atoms with E-state index in [0.717, 1.165) is 0 Å². The second-order valence-corrected chi connectivity index (χ2v) is 3.97. The fraction of sp³-hybridized carbons (Fsp3) is 0.222. The summed E-state index contributed by atoms with van der Waals surface area (Å²) in [4.78, 5) is 0.450. The molecule has 0 saturated heterocycles. The van der Waals surface area contributed by atoms with Gasteiger partial charge in [0.2, 0.25) is 0 Å². The van der Waals surface area contributed by atoms with Crippen molar-refractivity contribution in [3.8, 4) is 11.8 Å². The van der Waals surface area contributed by atoms with E-state index in [4.69, 9.17) is 15.7 Å². The van der Waals surface area contributed by atoms with E-state index in [1.807, 2.05) is 6.07 Å². The van der Waals surface area contributed by atoms with Crippen LogP contribution in [0.4, 0.5) is 5.69 Å². The van der Waals surface area contributed by atoms with Gasteiger partial charge in [-0.15, -0.1) is 0 Å². The summed E-state index contributed by atoms with van der Waals surface area (Å²) in [6, 6.07) is 6.72. The molecule has 1 aromatic carbocycles. The van der Waals surface area contributed by atoms with Crippen LogP contribution in [0.3, 0.4) is 0 Å². The van der Waals surface area contributed by atoms with E-state index < -0.39 is 10.8 Å². The van der Waals surface area contributed by atoms with Crippen molar-refractivity contribution in [3.63, 3.8) is 0 Å². The third-order valence-corrected chi connectivity index (χ3v) is 2.90. The zero-order chi connectivity index (χ0) is 10.6. The molecular weight excluding hydrogens is 200 g/mol. The van der Waals surface area contributed by atoms with Gasteiger partial charge in [0, 0.05) is 5.69 Å². The Morgan fingerprint density at radius 3 is 2.93 bits per heavy atom. The van der Waals surface area contributed by atoms with Gasteiger partial charge in [-0.3, -0.25) is 4.21 Å². The van der Waals surface area contributed by atoms with Gasteiger partial charge >= 0.3 is 0 Å². The highest BCUT2D eigenvalue weighted by Gasteiger charge is 2.08. The van der Waals surface area contributed by atoms with E-state index in [2.05, 4.69) is 0 Å². The van der Waals surface area contributed by atoms with E-state index in [9.17, 15) is 4.21 Å². The molecule has 0 aliphatic carbocycles. The van der Waals surface area contributed by atoms with Crippen molar-refractivity contribution in [1.29, 1.82) is 5.26 Å². The van der Waals surface area contributed by atoms with Crippen LogP contribution in [0.5, 0.6) is 5.75 Å². The summed E-state index contributed by atoms with van der Waals surface area (Å²) < 4.78 is 16.5. The number of methoxy groups -OCH3 is 1. The fourth-order valence-corrected chi connectivity index (χ4v) is 1.83. The molecule has 74 valence electrons. The Kier molecular flexibility index (Phi) is 3.48. The molecule has 5 heteroatoms. The van der Waals surface area contributed by atoms with Crippen LogP contribution in [0.1, 0.15) is 0 Å². The fourth-order valence-electron chi connectivity index (χ4n) is 0.975. The molecule has 0 radical (unpaired) electrons. The largest absolute Gasteiger partial charge is 0.497 e. The number of nitriles is 1. The monoisotopic (exact) mass is 210 g/mol. The molecular formula is C9H10N2O2S. The number of benzene rings is 1. The van der Waals surface area contributed by atoms with Crippen molar-refractivity contribution in [2.45, 2.75) is 4.90 Å². The van der Waals surface area contributed by atoms with Crippen molar-refractivity contribution in [2.24, 2.45) is 0 Å². The number of nitrogen functional groups attached to an aromatic ring is 1. The first-order valence-electron chi connectivity index (χ1n) is 3.88. The normalized spacial score (nSPS) is 11.7. The second-order valence-electron chi connectivity index (χ2n) is 2.55. The highest BCUT2D eigenvalue weighted by Crippen LogP contribution is 2.22. The van der Waals surface area contributed by atoms with E-state index in [0.29, 0.717) is 16.3 Å². The Hall–Kier alpha value is -1.54. The summed E-state index contributed by atoms with van der Waals surface area (Å²) in [6.45, 7) is 0. The first-order valence-corrected chi connectivity index (χ1v) is 5.19. The van der Waals surface area contributed by atoms with E-state index in [1.54, 1.807) is 18.2 Å². The van der Waals surface area contributed by atoms with Crippen LogP contribution in [0.25, 0.3) is 0 Å². The molecule has 0 bridgehead atoms. The lowest BCUT2D eigenvalue weighted by Crippen LogP contribution is -2.01. The summed E-state index contributed by atoms with van der Waals surface area (Å²) in [5, 5.41) is 8.40. The molecule has 1 unspecified atom stereocenters. The standard InChI is InChI=1S/C9H10N2O2S/c1-13-7-2-3-8(11)9(6-7)14(12)5-4-10/h2-3,6H,5,11H2,1H3. The number of anilines is 1. The van der Waals surface area contributed by atoms with Gasteiger partial charge in [-0.25, -0.2) is 0 Å². The Morgan fingerprint density at radius 1 is 1.64 bits per heavy atom. The number of hydrogen-bond donors (Lipinski definition) is 1. The molecule has 0 aromatic heterocycles. The molecule has 0 spiro atoms. The molecule has 0 heterocycles. The van der Waals surface area contributed by atoms with Crippen LogP contribution in [0.15, 0.2) is 23.1 Å². The van der Waals surface area contributed by atoms with Crippen LogP contribution in [0, 0.1) is 11.3 Å². The second kappa shape index (κ2) is 4.63. The van der Waals surface area contributed by atoms with Crippen molar-refractivity contribution >= 4 is 16.5 Å². The first kappa shape index (κ1) is 10.5. The Balaban J connectivity index is 3.07. The lowest BCUT2D eigenvalue weighted by Gasteiger charge is -2.05. The number of rotatable bonds is 3. The average Bonchev–Trinajstić information content (AvgIpc) is 2.19. The molecule has 1 rings (SSSR count). The van der Waals surface area contributed by atoms with Gasteiger partial charge in [0.15, 0.2) is 0 Å². The van der Waals surface area contributed by atoms with Crippen molar-refractivity contribution in [3.05, 3.63) is 18.2 Å². The van der Waals surface area contributed by atoms with Gasteiger partial charge in [0.05, 0.1) is 28.9 Å². The molecule has 0 fully saturated rings. The Labute approximate surface area is 84.7 Å². The molecule has 0 aliphatic heterocycles. The maximum Gasteiger partial charge on any atom is 0.120 e. The molecule has 1 aromatic rings. The van der Waals surface area contributed by atoms with Crippen molar-refractivity contribution in [2.75, 3.05) is 18.6 Å². The topological polar surface area (TPSA) is 76.1 Å². The summed E-state index contributed by atoms with van der Waals surface area (Å²) in [5.41, 5.74) is 6.03. The number of hydrogen-bond acceptors (Lipinski definition) is 4. The minimum atomic E-state index is -1.37. The predicted octanol–water partition coefficient (Wildman–Crippen LogP) is 0.909. The minimum Gasteiger partial charge on any atom is -0.497 e. The van der Waals surface area contributed by atoms with Crippen molar-refractivity contribution in [1.82, 2.24) is 0 Å². The molecule has 14 heavy (non-hydrogen) atoms. The van der Waals surface area contributed by atoms with Crippen LogP contribution in [-0.2, 0) is 10.8 Å². The summed E-state index contributed by atoms with van der Waals surface area (Å²) in [5.74, 6) is 0.526. The van der Waals surface area contributed by atoms with Crippen molar-refractivity contribution < 1.29 is 8.95 Å². The van der Waals surface area contributed by atoms with E-state index >= 15 is 0 Å². The SMILES string of the molecule is COc1ccc(N)c(S(=O)CC#N)c1. The van der Waals surface area contributed by atoms with Gasteiger partial charge in [0.1, 0.15) is 11.5 Å². The average molecular weight is 210 g/mol. The summed E-state index contributed by atoms with van der Waals surface area (Å²) >= 11 is 0. The van der Waals surface area contributed by atoms with E-state index in [1.165, 1.54) is 7.11 Å². The third kappa shape index (κ3) is 2.24. The maximum absolute atomic E-state index is 11.5. The van der Waals surface area contributed by atoms with Crippen LogP contribution in [-0.4, -0.2) is 17.1 Å². The van der Waals surface area contributed by atoms with Gasteiger partial charge in [-0.05, 0) is 18.2 Å². The maximum atomic E-state index is 11.5. The summed E-state index contributed by atoms with van der Waals surface area (Å²) in [7, 11) is 0.143. The molecule has 1 atom stereocenters. The zero-order valence-electron chi connectivity index (χ0n) is 7.69. The summed E-state index contributed by atoms with van der Waals surface area (Å²) in [6.07, 6.45) is 0. The smallest absolute Gasteiger partial charge is 0.120 e. The third-order valence-electron chi connectivity index (χ3n) is 1.66. The Morgan fingerprint density at radius 2 is 2.36 bits per heavy atom. The zero-order valence-corrected chi connectivity index (χ0v) is 8.50. The molecule has 0 aliphatic rings. The lowest BCUT2D eigenvalue weighted by atomic mass is 10.3. The van der Waals surface area contributed by atoms with Crippen LogP contribution >= 0.6 is 0 Å². The van der Waals surface area contributed by atoms with Gasteiger partial charge < -0.3 is 10.5 Å². The first-order chi connectivity index (χ1) is 6.69. The van der Waals surface area contributed by atoms with Crippen LogP contribution < -0.4 is 10.5 Å². The number of ether oxygens (including phenoxy) is 1. The number of nitrogens with zero attached hydrogens (tertiary/aromatic N) is 1. The van der Waals surface area contributed by atoms with Crippen LogP contribution in [0.2, 0.25) is 0 Å². The number of nitrogens with two attached hydrogens (primary N) is 1. The quantitative estimate of drug-likeness (QED) is 0.752. The lowest BCUT2D eigenvalue weighted by molar-refractivity contribution is 0.413. The van der Waals surface area contributed by atoms with Gasteiger partial charge in [-0.2, -0.15) is 5.26 Å². The van der Waals surface area contributed by atoms with E-state index in [-0.39, 0.29) is 5.75 Å². The minimum absolute atomic E-state index is 0.0582. The highest BCUT2D eigenvalue weighted by atomic mass is 32.2. The Bertz CT molecular complexity index is 398. The molecule has 0 amide bonds. The predicted molar refractivity (Wildman–Crippen MR) is 54.3 cm³/mol. The molecule has 0 saturated carbocycles. The molecule has 2 N–H and O–H groups in total. The van der Waals surface area contributed by atoms with Gasteiger partial charge in [-0.1, -0.05) is 0 Å². The molecule has 4 nitrogen and oxygen atoms in total. The van der Waals surface area contributed by atoms with Gasteiger partial charge in [0.25, 0.3) is 0 Å². The highest BCUT2D eigenvalue weighted by molar-refractivity contribution is 7.85.